The summed E-state index contributed by atoms with van der Waals surface area (Å²) in [4.78, 5) is 9.00. The van der Waals surface area contributed by atoms with Crippen molar-refractivity contribution in [1.82, 2.24) is 9.62 Å². The van der Waals surface area contributed by atoms with Crippen LogP contribution in [0, 0.1) is 5.92 Å². The largest absolute Gasteiger partial charge is 0.481 e. The average molecular weight is 413 g/mol. The van der Waals surface area contributed by atoms with Crippen LogP contribution in [0.2, 0.25) is 0 Å². The third kappa shape index (κ3) is 6.15. The summed E-state index contributed by atoms with van der Waals surface area (Å²) < 4.78 is 55.3. The summed E-state index contributed by atoms with van der Waals surface area (Å²) in [5.74, 6) is -0.469. The van der Waals surface area contributed by atoms with Crippen molar-refractivity contribution >= 4 is 25.8 Å². The number of nitrogens with zero attached hydrogens (tertiary/aromatic N) is 1. The van der Waals surface area contributed by atoms with Gasteiger partial charge in [-0.3, -0.25) is 4.79 Å². The number of rotatable bonds is 4. The van der Waals surface area contributed by atoms with Gasteiger partial charge in [0.25, 0.3) is 5.97 Å². The van der Waals surface area contributed by atoms with Crippen LogP contribution in [0.1, 0.15) is 26.2 Å². The predicted molar refractivity (Wildman–Crippen MR) is 96.2 cm³/mol. The molecule has 152 valence electrons. The Morgan fingerprint density at radius 3 is 2.65 bits per heavy atom. The van der Waals surface area contributed by atoms with Crippen LogP contribution in [0.3, 0.4) is 0 Å². The van der Waals surface area contributed by atoms with Crippen molar-refractivity contribution in [2.45, 2.75) is 31.8 Å². The van der Waals surface area contributed by atoms with E-state index in [4.69, 9.17) is 14.6 Å². The van der Waals surface area contributed by atoms with Crippen LogP contribution in [0.15, 0.2) is 0 Å². The third-order valence-corrected chi connectivity index (χ3v) is 8.61. The van der Waals surface area contributed by atoms with E-state index in [-0.39, 0.29) is 28.8 Å². The van der Waals surface area contributed by atoms with Gasteiger partial charge in [-0.15, -0.1) is 0 Å². The van der Waals surface area contributed by atoms with Crippen molar-refractivity contribution < 1.29 is 31.5 Å². The van der Waals surface area contributed by atoms with Gasteiger partial charge in [0.05, 0.1) is 29.5 Å². The van der Waals surface area contributed by atoms with Gasteiger partial charge in [0.2, 0.25) is 10.0 Å². The van der Waals surface area contributed by atoms with Gasteiger partial charge in [-0.05, 0) is 31.7 Å². The molecular formula is C15H28N2O7S2. The Balaban J connectivity index is 0.000000552. The van der Waals surface area contributed by atoms with E-state index < -0.39 is 25.8 Å². The first-order valence-electron chi connectivity index (χ1n) is 8.76. The number of nitrogens with one attached hydrogen (secondary N) is 1. The van der Waals surface area contributed by atoms with Crippen LogP contribution in [-0.2, 0) is 29.4 Å². The number of hydrogen-bond donors (Lipinski definition) is 2. The molecule has 0 aromatic heterocycles. The van der Waals surface area contributed by atoms with Crippen LogP contribution in [-0.4, -0.2) is 87.9 Å². The van der Waals surface area contributed by atoms with Crippen LogP contribution in [0.5, 0.6) is 0 Å². The molecule has 2 unspecified atom stereocenters. The molecule has 1 spiro atoms. The Morgan fingerprint density at radius 2 is 2.12 bits per heavy atom. The Kier molecular flexibility index (Phi) is 7.05. The smallest absolute Gasteiger partial charge is 0.300 e. The van der Waals surface area contributed by atoms with Crippen LogP contribution < -0.4 is 5.32 Å². The zero-order chi connectivity index (χ0) is 19.4. The van der Waals surface area contributed by atoms with Gasteiger partial charge < -0.3 is 15.2 Å². The first-order chi connectivity index (χ1) is 12.0. The molecule has 2 atom stereocenters. The topological polar surface area (TPSA) is 130 Å². The van der Waals surface area contributed by atoms with Gasteiger partial charge in [-0.2, -0.15) is 4.31 Å². The van der Waals surface area contributed by atoms with E-state index in [0.717, 1.165) is 19.9 Å². The molecule has 0 aromatic carbocycles. The summed E-state index contributed by atoms with van der Waals surface area (Å²) >= 11 is 0. The zero-order valence-corrected chi connectivity index (χ0v) is 16.6. The molecule has 3 heterocycles. The number of morpholine rings is 1. The second-order valence-corrected chi connectivity index (χ2v) is 11.5. The van der Waals surface area contributed by atoms with Gasteiger partial charge >= 0.3 is 0 Å². The molecule has 0 bridgehead atoms. The summed E-state index contributed by atoms with van der Waals surface area (Å²) in [5, 5.41) is 10.6. The molecular weight excluding hydrogens is 384 g/mol. The highest BCUT2D eigenvalue weighted by molar-refractivity contribution is 7.91. The molecule has 0 amide bonds. The molecule has 0 saturated carbocycles. The number of aliphatic carboxylic acids is 1. The standard InChI is InChI=1S/C13H24N2O5S2.C2H4O2/c16-21(17)7-1-12(9-21)2-8-22(18,19)15-5-6-20-13(11-15)3-4-14-10-13;1-2(3)4/h12,14H,1-11H2;1H3,(H,3,4). The lowest BCUT2D eigenvalue weighted by atomic mass is 10.0. The van der Waals surface area contributed by atoms with Crippen molar-refractivity contribution in [2.75, 3.05) is 50.0 Å². The predicted octanol–water partition coefficient (Wildman–Crippen LogP) is -0.704. The van der Waals surface area contributed by atoms with E-state index in [2.05, 4.69) is 5.32 Å². The highest BCUT2D eigenvalue weighted by Crippen LogP contribution is 2.28. The van der Waals surface area contributed by atoms with E-state index in [1.54, 1.807) is 0 Å². The minimum atomic E-state index is -3.34. The second kappa shape index (κ2) is 8.51. The minimum Gasteiger partial charge on any atom is -0.481 e. The monoisotopic (exact) mass is 412 g/mol. The van der Waals surface area contributed by atoms with Crippen molar-refractivity contribution in [3.05, 3.63) is 0 Å². The van der Waals surface area contributed by atoms with Gasteiger partial charge in [0.1, 0.15) is 0 Å². The van der Waals surface area contributed by atoms with Crippen LogP contribution in [0.25, 0.3) is 0 Å². The van der Waals surface area contributed by atoms with Crippen molar-refractivity contribution in [2.24, 2.45) is 5.92 Å². The maximum Gasteiger partial charge on any atom is 0.300 e. The zero-order valence-electron chi connectivity index (χ0n) is 15.0. The van der Waals surface area contributed by atoms with Gasteiger partial charge in [0, 0.05) is 26.6 Å². The van der Waals surface area contributed by atoms with Gasteiger partial charge in [-0.1, -0.05) is 0 Å². The number of hydrogen-bond acceptors (Lipinski definition) is 7. The lowest BCUT2D eigenvalue weighted by Crippen LogP contribution is -2.55. The molecule has 2 N–H and O–H groups in total. The molecule has 26 heavy (non-hydrogen) atoms. The molecule has 3 aliphatic heterocycles. The van der Waals surface area contributed by atoms with Gasteiger partial charge in [0.15, 0.2) is 9.84 Å². The number of carbonyl (C=O) groups is 1. The molecule has 3 saturated heterocycles. The van der Waals surface area contributed by atoms with E-state index in [0.29, 0.717) is 39.1 Å². The lowest BCUT2D eigenvalue weighted by Gasteiger charge is -2.39. The van der Waals surface area contributed by atoms with E-state index >= 15 is 0 Å². The Labute approximate surface area is 155 Å². The molecule has 3 rings (SSSR count). The molecule has 3 fully saturated rings. The van der Waals surface area contributed by atoms with E-state index in [1.807, 2.05) is 0 Å². The van der Waals surface area contributed by atoms with Gasteiger partial charge in [-0.25, -0.2) is 16.8 Å². The summed E-state index contributed by atoms with van der Waals surface area (Å²) in [7, 11) is -6.28. The quantitative estimate of drug-likeness (QED) is 0.620. The Hall–Kier alpha value is -0.750. The molecule has 9 nitrogen and oxygen atoms in total. The summed E-state index contributed by atoms with van der Waals surface area (Å²) in [6, 6.07) is 0. The first kappa shape index (κ1) is 21.5. The normalized spacial score (nSPS) is 31.5. The van der Waals surface area contributed by atoms with Crippen molar-refractivity contribution in [1.29, 1.82) is 0 Å². The first-order valence-corrected chi connectivity index (χ1v) is 12.2. The maximum absolute atomic E-state index is 12.5. The number of sulfonamides is 1. The number of ether oxygens (including phenoxy) is 1. The fourth-order valence-electron chi connectivity index (χ4n) is 3.57. The summed E-state index contributed by atoms with van der Waals surface area (Å²) in [5.41, 5.74) is -0.373. The molecule has 0 aliphatic carbocycles. The van der Waals surface area contributed by atoms with Crippen LogP contribution >= 0.6 is 0 Å². The SMILES string of the molecule is CC(=O)O.O=S1(=O)CCC(CCS(=O)(=O)N2CCOC3(CCNC3)C2)C1. The fourth-order valence-corrected chi connectivity index (χ4v) is 7.16. The highest BCUT2D eigenvalue weighted by Gasteiger charge is 2.42. The summed E-state index contributed by atoms with van der Waals surface area (Å²) in [6.45, 7) is 3.87. The van der Waals surface area contributed by atoms with E-state index in [1.165, 1.54) is 4.31 Å². The van der Waals surface area contributed by atoms with Crippen molar-refractivity contribution in [3.8, 4) is 0 Å². The van der Waals surface area contributed by atoms with Crippen molar-refractivity contribution in [3.63, 3.8) is 0 Å². The number of sulfone groups is 1. The Morgan fingerprint density at radius 1 is 1.42 bits per heavy atom. The fraction of sp³-hybridized carbons (Fsp3) is 0.933. The average Bonchev–Trinajstić information content (AvgIpc) is 3.11. The molecule has 0 aromatic rings. The number of carboxylic acid groups (broad SMARTS) is 1. The summed E-state index contributed by atoms with van der Waals surface area (Å²) in [6.07, 6.45) is 1.86. The molecule has 11 heteroatoms. The highest BCUT2D eigenvalue weighted by atomic mass is 32.2. The Bertz CT molecular complexity index is 696. The maximum atomic E-state index is 12.5. The molecule has 3 aliphatic rings. The van der Waals surface area contributed by atoms with Crippen LogP contribution in [0.4, 0.5) is 0 Å². The lowest BCUT2D eigenvalue weighted by molar-refractivity contribution is -0.134. The van der Waals surface area contributed by atoms with E-state index in [9.17, 15) is 16.8 Å². The number of carboxylic acids is 1. The third-order valence-electron chi connectivity index (χ3n) is 4.92. The minimum absolute atomic E-state index is 0.0112. The second-order valence-electron chi connectivity index (χ2n) is 7.18. The molecule has 0 radical (unpaired) electrons.